The van der Waals surface area contributed by atoms with E-state index in [9.17, 15) is 18.5 Å². The van der Waals surface area contributed by atoms with E-state index in [1.54, 1.807) is 36.3 Å². The first-order valence-electron chi connectivity index (χ1n) is 13.8. The number of aromatic nitrogens is 1. The van der Waals surface area contributed by atoms with Gasteiger partial charge < -0.3 is 20.1 Å². The lowest BCUT2D eigenvalue weighted by molar-refractivity contribution is 0.0981. The van der Waals surface area contributed by atoms with E-state index in [2.05, 4.69) is 15.6 Å². The molecular formula is C32H31FN4O3S2. The SMILES string of the molecule is Cc1cccc(F)c1NC(=O)c1cc2c(s1)-c1ccccc1N(C(=O)c1cccc(NCC3(C[S+](C)[O-])CC3)n1)CC2. The number of anilines is 3. The Morgan fingerprint density at radius 2 is 1.90 bits per heavy atom. The maximum atomic E-state index is 14.4. The smallest absolute Gasteiger partial charge is 0.276 e. The van der Waals surface area contributed by atoms with Crippen LogP contribution in [0.5, 0.6) is 0 Å². The van der Waals surface area contributed by atoms with Crippen molar-refractivity contribution in [3.05, 3.63) is 94.2 Å². The van der Waals surface area contributed by atoms with Gasteiger partial charge in [0.05, 0.1) is 22.5 Å². The summed E-state index contributed by atoms with van der Waals surface area (Å²) in [6.07, 6.45) is 4.36. The summed E-state index contributed by atoms with van der Waals surface area (Å²) in [5, 5.41) is 6.09. The Morgan fingerprint density at radius 3 is 2.67 bits per heavy atom. The molecule has 1 saturated carbocycles. The number of amides is 2. The van der Waals surface area contributed by atoms with Crippen molar-refractivity contribution in [1.29, 1.82) is 0 Å². The number of rotatable bonds is 8. The van der Waals surface area contributed by atoms with E-state index < -0.39 is 17.0 Å². The molecule has 2 aromatic carbocycles. The van der Waals surface area contributed by atoms with Gasteiger partial charge in [-0.25, -0.2) is 9.37 Å². The molecule has 2 aliphatic rings. The highest BCUT2D eigenvalue weighted by atomic mass is 32.2. The summed E-state index contributed by atoms with van der Waals surface area (Å²) in [6, 6.07) is 19.6. The number of nitrogens with one attached hydrogen (secondary N) is 2. The third kappa shape index (κ3) is 5.79. The minimum Gasteiger partial charge on any atom is -0.617 e. The van der Waals surface area contributed by atoms with Crippen LogP contribution in [-0.2, 0) is 17.6 Å². The van der Waals surface area contributed by atoms with Crippen molar-refractivity contribution in [3.8, 4) is 10.4 Å². The number of thiophene rings is 1. The van der Waals surface area contributed by atoms with Crippen LogP contribution in [0.15, 0.2) is 66.7 Å². The highest BCUT2D eigenvalue weighted by Gasteiger charge is 2.45. The number of nitrogens with zero attached hydrogens (tertiary/aromatic N) is 2. The summed E-state index contributed by atoms with van der Waals surface area (Å²) in [4.78, 5) is 34.8. The number of pyridine rings is 1. The number of carbonyl (C=O) groups is 2. The molecule has 1 fully saturated rings. The Kier molecular flexibility index (Phi) is 7.78. The summed E-state index contributed by atoms with van der Waals surface area (Å²) < 4.78 is 26.1. The standard InChI is InChI=1S/C32H31FN4O3S2/c1-20-7-5-9-23(33)28(20)36-30(38)26-17-21-13-16-37(25-11-4-3-8-22(25)29(21)41-26)31(39)24-10-6-12-27(35-24)34-18-32(14-15-32)19-42(2)40/h3-12,17H,13-16,18-19H2,1-2H3,(H,34,35)(H,36,38). The van der Waals surface area contributed by atoms with E-state index in [-0.39, 0.29) is 22.9 Å². The molecule has 0 radical (unpaired) electrons. The highest BCUT2D eigenvalue weighted by Crippen LogP contribution is 2.46. The number of hydrogen-bond donors (Lipinski definition) is 2. The second-order valence-corrected chi connectivity index (χ2v) is 13.5. The number of hydrogen-bond acceptors (Lipinski definition) is 6. The van der Waals surface area contributed by atoms with E-state index in [0.717, 1.165) is 34.5 Å². The Balaban J connectivity index is 1.23. The van der Waals surface area contributed by atoms with Gasteiger partial charge in [-0.1, -0.05) is 47.6 Å². The first-order chi connectivity index (χ1) is 20.2. The van der Waals surface area contributed by atoms with Crippen LogP contribution in [0, 0.1) is 18.2 Å². The van der Waals surface area contributed by atoms with Gasteiger partial charge in [0.25, 0.3) is 11.8 Å². The maximum Gasteiger partial charge on any atom is 0.276 e. The second kappa shape index (κ2) is 11.5. The predicted octanol–water partition coefficient (Wildman–Crippen LogP) is 6.28. The van der Waals surface area contributed by atoms with Gasteiger partial charge in [-0.2, -0.15) is 0 Å². The van der Waals surface area contributed by atoms with Gasteiger partial charge in [-0.3, -0.25) is 9.59 Å². The van der Waals surface area contributed by atoms with Crippen molar-refractivity contribution < 1.29 is 18.5 Å². The van der Waals surface area contributed by atoms with E-state index in [1.807, 2.05) is 42.5 Å². The van der Waals surface area contributed by atoms with Gasteiger partial charge in [0.15, 0.2) is 0 Å². The van der Waals surface area contributed by atoms with Crippen LogP contribution in [0.3, 0.4) is 0 Å². The summed E-state index contributed by atoms with van der Waals surface area (Å²) in [7, 11) is 0. The molecule has 2 aromatic heterocycles. The zero-order valence-electron chi connectivity index (χ0n) is 23.4. The Labute approximate surface area is 251 Å². The van der Waals surface area contributed by atoms with Crippen LogP contribution in [0.25, 0.3) is 10.4 Å². The zero-order valence-corrected chi connectivity index (χ0v) is 25.0. The third-order valence-corrected chi connectivity index (χ3v) is 10.1. The van der Waals surface area contributed by atoms with Crippen molar-refractivity contribution in [2.45, 2.75) is 26.2 Å². The minimum absolute atomic E-state index is 0.0479. The molecule has 1 aliphatic carbocycles. The molecule has 4 aromatic rings. The van der Waals surface area contributed by atoms with Crippen molar-refractivity contribution >= 4 is 51.5 Å². The molecule has 7 nitrogen and oxygen atoms in total. The molecule has 0 saturated heterocycles. The topological polar surface area (TPSA) is 97.4 Å². The van der Waals surface area contributed by atoms with Crippen molar-refractivity contribution in [2.75, 3.05) is 40.6 Å². The molecule has 1 atom stereocenters. The van der Waals surface area contributed by atoms with Gasteiger partial charge in [0, 0.05) is 28.9 Å². The number of halogens is 1. The maximum absolute atomic E-state index is 14.4. The molecule has 0 spiro atoms. The first-order valence-corrected chi connectivity index (χ1v) is 16.4. The fraction of sp³-hybridized carbons (Fsp3) is 0.281. The molecule has 1 aliphatic heterocycles. The molecular weight excluding hydrogens is 572 g/mol. The molecule has 1 unspecified atom stereocenters. The largest absolute Gasteiger partial charge is 0.617 e. The number of aryl methyl sites for hydroxylation is 1. The number of carbonyl (C=O) groups excluding carboxylic acids is 2. The molecule has 216 valence electrons. The molecule has 2 N–H and O–H groups in total. The Hall–Kier alpha value is -3.73. The molecule has 42 heavy (non-hydrogen) atoms. The Morgan fingerprint density at radius 1 is 1.12 bits per heavy atom. The molecule has 2 amide bonds. The van der Waals surface area contributed by atoms with Gasteiger partial charge in [-0.05, 0) is 67.6 Å². The highest BCUT2D eigenvalue weighted by molar-refractivity contribution is 7.90. The lowest BCUT2D eigenvalue weighted by atomic mass is 10.1. The zero-order chi connectivity index (χ0) is 29.4. The van der Waals surface area contributed by atoms with Crippen molar-refractivity contribution in [2.24, 2.45) is 5.41 Å². The summed E-state index contributed by atoms with van der Waals surface area (Å²) in [5.41, 5.74) is 3.79. The average molecular weight is 603 g/mol. The summed E-state index contributed by atoms with van der Waals surface area (Å²) >= 11 is 0.486. The van der Waals surface area contributed by atoms with E-state index in [1.165, 1.54) is 17.4 Å². The summed E-state index contributed by atoms with van der Waals surface area (Å²) in [5.74, 6) is 0.248. The number of fused-ring (bicyclic) bond motifs is 3. The molecule has 3 heterocycles. The monoisotopic (exact) mass is 602 g/mol. The number of para-hydroxylation sites is 2. The molecule has 6 rings (SSSR count). The fourth-order valence-corrected chi connectivity index (χ4v) is 7.83. The van der Waals surface area contributed by atoms with Gasteiger partial charge in [0.2, 0.25) is 0 Å². The van der Waals surface area contributed by atoms with Gasteiger partial charge in [-0.15, -0.1) is 11.3 Å². The van der Waals surface area contributed by atoms with E-state index in [0.29, 0.717) is 47.2 Å². The second-order valence-electron chi connectivity index (χ2n) is 11.1. The average Bonchev–Trinajstić information content (AvgIpc) is 3.64. The van der Waals surface area contributed by atoms with Crippen molar-refractivity contribution in [1.82, 2.24) is 4.98 Å². The van der Waals surface area contributed by atoms with Crippen LogP contribution in [0.1, 0.15) is 44.1 Å². The molecule has 0 bridgehead atoms. The van der Waals surface area contributed by atoms with Crippen LogP contribution < -0.4 is 15.5 Å². The van der Waals surface area contributed by atoms with Crippen LogP contribution in [0.4, 0.5) is 21.6 Å². The predicted molar refractivity (Wildman–Crippen MR) is 168 cm³/mol. The normalized spacial score (nSPS) is 15.7. The molecule has 10 heteroatoms. The van der Waals surface area contributed by atoms with Crippen LogP contribution >= 0.6 is 11.3 Å². The van der Waals surface area contributed by atoms with Gasteiger partial charge in [0.1, 0.15) is 23.1 Å². The number of benzene rings is 2. The Bertz CT molecular complexity index is 1650. The lowest BCUT2D eigenvalue weighted by Crippen LogP contribution is -2.33. The van der Waals surface area contributed by atoms with E-state index >= 15 is 0 Å². The third-order valence-electron chi connectivity index (χ3n) is 7.86. The van der Waals surface area contributed by atoms with Gasteiger partial charge >= 0.3 is 0 Å². The lowest BCUT2D eigenvalue weighted by Gasteiger charge is -2.23. The quantitative estimate of drug-likeness (QED) is 0.231. The van der Waals surface area contributed by atoms with Crippen LogP contribution in [-0.4, -0.2) is 46.4 Å². The van der Waals surface area contributed by atoms with E-state index in [4.69, 9.17) is 0 Å². The van der Waals surface area contributed by atoms with Crippen molar-refractivity contribution in [3.63, 3.8) is 0 Å². The minimum atomic E-state index is -0.855. The van der Waals surface area contributed by atoms with Crippen LogP contribution in [0.2, 0.25) is 0 Å². The summed E-state index contributed by atoms with van der Waals surface area (Å²) in [6.45, 7) is 2.85. The fourth-order valence-electron chi connectivity index (χ4n) is 5.43. The first kappa shape index (κ1) is 28.4.